The molecule has 1 saturated heterocycles. The molecule has 0 saturated carbocycles. The lowest BCUT2D eigenvalue weighted by molar-refractivity contribution is 0.344. The van der Waals surface area contributed by atoms with Crippen LogP contribution in [0.4, 0.5) is 0 Å². The predicted molar refractivity (Wildman–Crippen MR) is 90.4 cm³/mol. The van der Waals surface area contributed by atoms with Crippen molar-refractivity contribution in [2.75, 3.05) is 19.6 Å². The molecule has 0 radical (unpaired) electrons. The van der Waals surface area contributed by atoms with Crippen LogP contribution < -0.4 is 0 Å². The van der Waals surface area contributed by atoms with Crippen LogP contribution in [0.25, 0.3) is 16.6 Å². The second-order valence-electron chi connectivity index (χ2n) is 6.04. The first-order valence-corrected chi connectivity index (χ1v) is 8.15. The summed E-state index contributed by atoms with van der Waals surface area (Å²) in [6, 6.07) is 16.9. The summed E-state index contributed by atoms with van der Waals surface area (Å²) in [5, 5.41) is 5.89. The van der Waals surface area contributed by atoms with Gasteiger partial charge in [-0.05, 0) is 56.1 Å². The second kappa shape index (κ2) is 5.93. The van der Waals surface area contributed by atoms with Crippen LogP contribution in [0, 0.1) is 0 Å². The third-order valence-electron chi connectivity index (χ3n) is 4.60. The summed E-state index contributed by atoms with van der Waals surface area (Å²) in [5.41, 5.74) is 3.73. The van der Waals surface area contributed by atoms with E-state index in [1.54, 1.807) is 0 Å². The number of para-hydroxylation sites is 1. The van der Waals surface area contributed by atoms with E-state index in [-0.39, 0.29) is 0 Å². The highest BCUT2D eigenvalue weighted by molar-refractivity contribution is 5.83. The number of hydrogen-bond acceptors (Lipinski definition) is 2. The summed E-state index contributed by atoms with van der Waals surface area (Å²) in [6.45, 7) is 3.69. The topological polar surface area (TPSA) is 21.1 Å². The van der Waals surface area contributed by atoms with E-state index in [0.717, 1.165) is 18.7 Å². The SMILES string of the molecule is c1ccc(-n2ncc3c(CCN4CCCC4)cccc32)cc1. The minimum Gasteiger partial charge on any atom is -0.303 e. The highest BCUT2D eigenvalue weighted by Gasteiger charge is 2.13. The number of nitrogens with zero attached hydrogens (tertiary/aromatic N) is 3. The van der Waals surface area contributed by atoms with Crippen LogP contribution >= 0.6 is 0 Å². The zero-order chi connectivity index (χ0) is 14.8. The summed E-state index contributed by atoms with van der Waals surface area (Å²) < 4.78 is 2.04. The molecule has 3 nitrogen and oxygen atoms in total. The Bertz CT molecular complexity index is 755. The molecule has 0 aliphatic carbocycles. The highest BCUT2D eigenvalue weighted by Crippen LogP contribution is 2.22. The fraction of sp³-hybridized carbons (Fsp3) is 0.316. The lowest BCUT2D eigenvalue weighted by atomic mass is 10.1. The molecule has 3 aromatic rings. The summed E-state index contributed by atoms with van der Waals surface area (Å²) in [4.78, 5) is 2.57. The maximum absolute atomic E-state index is 4.61. The summed E-state index contributed by atoms with van der Waals surface area (Å²) >= 11 is 0. The third-order valence-corrected chi connectivity index (χ3v) is 4.60. The molecule has 4 rings (SSSR count). The highest BCUT2D eigenvalue weighted by atomic mass is 15.3. The van der Waals surface area contributed by atoms with Gasteiger partial charge >= 0.3 is 0 Å². The normalized spacial score (nSPS) is 15.6. The van der Waals surface area contributed by atoms with Gasteiger partial charge in [0.2, 0.25) is 0 Å². The minimum absolute atomic E-state index is 1.11. The first-order chi connectivity index (χ1) is 10.9. The average molecular weight is 291 g/mol. The molecule has 1 aliphatic heterocycles. The van der Waals surface area contributed by atoms with Gasteiger partial charge < -0.3 is 4.90 Å². The maximum atomic E-state index is 4.61. The quantitative estimate of drug-likeness (QED) is 0.731. The molecule has 0 spiro atoms. The van der Waals surface area contributed by atoms with Gasteiger partial charge in [-0.15, -0.1) is 0 Å². The fourth-order valence-electron chi connectivity index (χ4n) is 3.39. The van der Waals surface area contributed by atoms with Gasteiger partial charge in [0.1, 0.15) is 0 Å². The van der Waals surface area contributed by atoms with Crippen molar-refractivity contribution in [3.63, 3.8) is 0 Å². The molecule has 2 aromatic carbocycles. The summed E-state index contributed by atoms with van der Waals surface area (Å²) in [6.07, 6.45) is 5.84. The predicted octanol–water partition coefficient (Wildman–Crippen LogP) is 3.66. The Morgan fingerprint density at radius 2 is 1.73 bits per heavy atom. The Hall–Kier alpha value is -2.13. The van der Waals surface area contributed by atoms with Crippen LogP contribution in [0.3, 0.4) is 0 Å². The molecule has 0 bridgehead atoms. The minimum atomic E-state index is 1.11. The van der Waals surface area contributed by atoms with Crippen molar-refractivity contribution >= 4 is 10.9 Å². The van der Waals surface area contributed by atoms with Gasteiger partial charge in [0, 0.05) is 11.9 Å². The van der Waals surface area contributed by atoms with Crippen LogP contribution in [-0.2, 0) is 6.42 Å². The number of benzene rings is 2. The van der Waals surface area contributed by atoms with E-state index in [2.05, 4.69) is 52.5 Å². The molecular formula is C19H21N3. The molecule has 2 heterocycles. The Balaban J connectivity index is 1.65. The second-order valence-corrected chi connectivity index (χ2v) is 6.04. The first kappa shape index (κ1) is 13.5. The van der Waals surface area contributed by atoms with Crippen LogP contribution in [0.5, 0.6) is 0 Å². The van der Waals surface area contributed by atoms with E-state index in [4.69, 9.17) is 0 Å². The summed E-state index contributed by atoms with van der Waals surface area (Å²) in [7, 11) is 0. The Kier molecular flexibility index (Phi) is 3.65. The van der Waals surface area contributed by atoms with Crippen LogP contribution in [-0.4, -0.2) is 34.3 Å². The van der Waals surface area contributed by atoms with E-state index in [9.17, 15) is 0 Å². The van der Waals surface area contributed by atoms with Gasteiger partial charge in [-0.25, -0.2) is 4.68 Å². The molecule has 1 aliphatic rings. The smallest absolute Gasteiger partial charge is 0.0743 e. The number of aromatic nitrogens is 2. The number of hydrogen-bond donors (Lipinski definition) is 0. The van der Waals surface area contributed by atoms with E-state index < -0.39 is 0 Å². The molecule has 0 unspecified atom stereocenters. The average Bonchev–Trinajstić information content (AvgIpc) is 3.23. The molecular weight excluding hydrogens is 270 g/mol. The Labute approximate surface area is 131 Å². The molecule has 0 N–H and O–H groups in total. The monoisotopic (exact) mass is 291 g/mol. The zero-order valence-corrected chi connectivity index (χ0v) is 12.8. The molecule has 3 heteroatoms. The molecule has 1 aromatic heterocycles. The van der Waals surface area contributed by atoms with Gasteiger partial charge in [0.15, 0.2) is 0 Å². The van der Waals surface area contributed by atoms with Crippen molar-refractivity contribution in [3.05, 3.63) is 60.3 Å². The van der Waals surface area contributed by atoms with Gasteiger partial charge in [-0.3, -0.25) is 0 Å². The molecule has 112 valence electrons. The molecule has 0 atom stereocenters. The van der Waals surface area contributed by atoms with E-state index in [1.165, 1.54) is 42.4 Å². The van der Waals surface area contributed by atoms with Gasteiger partial charge in [0.05, 0.1) is 17.4 Å². The van der Waals surface area contributed by atoms with Crippen LogP contribution in [0.1, 0.15) is 18.4 Å². The number of rotatable bonds is 4. The lowest BCUT2D eigenvalue weighted by Gasteiger charge is -2.14. The number of likely N-dealkylation sites (tertiary alicyclic amines) is 1. The fourth-order valence-corrected chi connectivity index (χ4v) is 3.39. The van der Waals surface area contributed by atoms with Crippen molar-refractivity contribution in [1.82, 2.24) is 14.7 Å². The van der Waals surface area contributed by atoms with Crippen molar-refractivity contribution < 1.29 is 0 Å². The first-order valence-electron chi connectivity index (χ1n) is 8.15. The lowest BCUT2D eigenvalue weighted by Crippen LogP contribution is -2.21. The molecule has 22 heavy (non-hydrogen) atoms. The van der Waals surface area contributed by atoms with Crippen molar-refractivity contribution in [2.45, 2.75) is 19.3 Å². The van der Waals surface area contributed by atoms with Crippen molar-refractivity contribution in [2.24, 2.45) is 0 Å². The van der Waals surface area contributed by atoms with Gasteiger partial charge in [-0.2, -0.15) is 5.10 Å². The molecule has 1 fully saturated rings. The standard InChI is InChI=1S/C19H21N3/c1-2-8-17(9-3-1)22-19-10-6-7-16(18(19)15-20-22)11-14-21-12-4-5-13-21/h1-3,6-10,15H,4-5,11-14H2. The molecule has 0 amide bonds. The van der Waals surface area contributed by atoms with E-state index >= 15 is 0 Å². The van der Waals surface area contributed by atoms with Crippen LogP contribution in [0.15, 0.2) is 54.7 Å². The largest absolute Gasteiger partial charge is 0.303 e. The summed E-state index contributed by atoms with van der Waals surface area (Å²) in [5.74, 6) is 0. The Morgan fingerprint density at radius 1 is 0.909 bits per heavy atom. The Morgan fingerprint density at radius 3 is 2.55 bits per heavy atom. The van der Waals surface area contributed by atoms with Gasteiger partial charge in [-0.1, -0.05) is 30.3 Å². The van der Waals surface area contributed by atoms with E-state index in [0.29, 0.717) is 0 Å². The van der Waals surface area contributed by atoms with Gasteiger partial charge in [0.25, 0.3) is 0 Å². The maximum Gasteiger partial charge on any atom is 0.0743 e. The van der Waals surface area contributed by atoms with Crippen molar-refractivity contribution in [3.8, 4) is 5.69 Å². The zero-order valence-electron chi connectivity index (χ0n) is 12.8. The number of fused-ring (bicyclic) bond motifs is 1. The van der Waals surface area contributed by atoms with Crippen LogP contribution in [0.2, 0.25) is 0 Å². The van der Waals surface area contributed by atoms with E-state index in [1.807, 2.05) is 16.9 Å². The third kappa shape index (κ3) is 2.53. The van der Waals surface area contributed by atoms with Crippen molar-refractivity contribution in [1.29, 1.82) is 0 Å².